The zero-order valence-electron chi connectivity index (χ0n) is 20.2. The van der Waals surface area contributed by atoms with Crippen molar-refractivity contribution in [2.24, 2.45) is 0 Å². The number of alkyl halides is 3. The maximum Gasteiger partial charge on any atom is 0.443 e. The number of thiazole rings is 1. The zero-order chi connectivity index (χ0) is 25.5. The van der Waals surface area contributed by atoms with Gasteiger partial charge in [-0.15, -0.1) is 0 Å². The summed E-state index contributed by atoms with van der Waals surface area (Å²) < 4.78 is 47.6. The summed E-state index contributed by atoms with van der Waals surface area (Å²) in [5, 5.41) is 3.81. The Kier molecular flexibility index (Phi) is 6.76. The van der Waals surface area contributed by atoms with Crippen molar-refractivity contribution in [2.75, 3.05) is 31.6 Å². The third kappa shape index (κ3) is 5.12. The Balaban J connectivity index is 1.58. The standard InChI is InChI=1S/C23H27F3N6O2S/c1-13-10-17(6-7-18(13)34-5)20-21(35-22(28-20)23(24,25)26)30-8-9-31(14(2)11-30)19(33)12-32-16(4)27-15(3)29-32/h6-7,10,14H,8-9,11-12H2,1-5H3. The minimum atomic E-state index is -4.55. The number of carbonyl (C=O) groups excluding carboxylic acids is 1. The largest absolute Gasteiger partial charge is 0.496 e. The van der Waals surface area contributed by atoms with Crippen LogP contribution in [-0.4, -0.2) is 63.3 Å². The number of anilines is 1. The van der Waals surface area contributed by atoms with E-state index in [0.717, 1.165) is 5.56 Å². The van der Waals surface area contributed by atoms with Crippen LogP contribution in [0, 0.1) is 20.8 Å². The summed E-state index contributed by atoms with van der Waals surface area (Å²) in [6, 6.07) is 5.02. The molecule has 0 bridgehead atoms. The summed E-state index contributed by atoms with van der Waals surface area (Å²) in [6.45, 7) is 8.53. The summed E-state index contributed by atoms with van der Waals surface area (Å²) >= 11 is 0.635. The van der Waals surface area contributed by atoms with Crippen LogP contribution in [0.25, 0.3) is 11.3 Å². The van der Waals surface area contributed by atoms with Crippen LogP contribution < -0.4 is 9.64 Å². The number of aromatic nitrogens is 4. The predicted molar refractivity (Wildman–Crippen MR) is 127 cm³/mol. The molecule has 1 amide bonds. The molecule has 0 spiro atoms. The molecule has 4 rings (SSSR count). The number of hydrogen-bond donors (Lipinski definition) is 0. The van der Waals surface area contributed by atoms with Gasteiger partial charge in [-0.3, -0.25) is 4.79 Å². The lowest BCUT2D eigenvalue weighted by molar-refractivity contribution is -0.137. The van der Waals surface area contributed by atoms with Crippen molar-refractivity contribution in [2.45, 2.75) is 46.5 Å². The first-order valence-electron chi connectivity index (χ1n) is 11.1. The number of rotatable bonds is 5. The maximum atomic E-state index is 13.6. The molecule has 1 aliphatic heterocycles. The quantitative estimate of drug-likeness (QED) is 0.517. The van der Waals surface area contributed by atoms with Crippen LogP contribution in [0.1, 0.15) is 29.1 Å². The van der Waals surface area contributed by atoms with E-state index in [1.807, 2.05) is 18.7 Å². The molecule has 0 saturated carbocycles. The molecule has 0 N–H and O–H groups in total. The van der Waals surface area contributed by atoms with Crippen LogP contribution in [0.2, 0.25) is 0 Å². The summed E-state index contributed by atoms with van der Waals surface area (Å²) in [5.41, 5.74) is 1.68. The van der Waals surface area contributed by atoms with E-state index in [2.05, 4.69) is 15.1 Å². The Morgan fingerprint density at radius 1 is 1.20 bits per heavy atom. The van der Waals surface area contributed by atoms with Gasteiger partial charge in [-0.1, -0.05) is 11.3 Å². The smallest absolute Gasteiger partial charge is 0.443 e. The van der Waals surface area contributed by atoms with Gasteiger partial charge >= 0.3 is 6.18 Å². The maximum absolute atomic E-state index is 13.6. The van der Waals surface area contributed by atoms with Crippen molar-refractivity contribution < 1.29 is 22.7 Å². The molecule has 188 valence electrons. The first-order valence-corrected chi connectivity index (χ1v) is 11.9. The molecular formula is C23H27F3N6O2S. The molecule has 2 aromatic heterocycles. The van der Waals surface area contributed by atoms with Gasteiger partial charge in [0.25, 0.3) is 0 Å². The van der Waals surface area contributed by atoms with E-state index in [1.165, 1.54) is 0 Å². The number of methoxy groups -OCH3 is 1. The molecule has 1 saturated heterocycles. The van der Waals surface area contributed by atoms with E-state index in [1.54, 1.807) is 48.7 Å². The zero-order valence-corrected chi connectivity index (χ0v) is 21.0. The van der Waals surface area contributed by atoms with E-state index in [9.17, 15) is 18.0 Å². The number of nitrogens with zero attached hydrogens (tertiary/aromatic N) is 6. The first kappa shape index (κ1) is 25.0. The van der Waals surface area contributed by atoms with Crippen LogP contribution in [0.3, 0.4) is 0 Å². The number of aryl methyl sites for hydroxylation is 3. The molecular weight excluding hydrogens is 481 g/mol. The van der Waals surface area contributed by atoms with Gasteiger partial charge in [0.05, 0.1) is 7.11 Å². The predicted octanol–water partition coefficient (Wildman–Crippen LogP) is 4.09. The number of carbonyl (C=O) groups is 1. The van der Waals surface area contributed by atoms with Gasteiger partial charge < -0.3 is 14.5 Å². The lowest BCUT2D eigenvalue weighted by Crippen LogP contribution is -2.54. The summed E-state index contributed by atoms with van der Waals surface area (Å²) in [6.07, 6.45) is -4.55. The highest BCUT2D eigenvalue weighted by Gasteiger charge is 2.38. The number of hydrogen-bond acceptors (Lipinski definition) is 7. The Morgan fingerprint density at radius 2 is 1.94 bits per heavy atom. The van der Waals surface area contributed by atoms with Crippen LogP contribution in [0.15, 0.2) is 18.2 Å². The van der Waals surface area contributed by atoms with E-state index in [4.69, 9.17) is 4.74 Å². The van der Waals surface area contributed by atoms with Gasteiger partial charge in [-0.2, -0.15) is 18.3 Å². The Morgan fingerprint density at radius 3 is 2.51 bits per heavy atom. The highest BCUT2D eigenvalue weighted by Crippen LogP contribution is 2.43. The van der Waals surface area contributed by atoms with Gasteiger partial charge in [0.15, 0.2) is 0 Å². The van der Waals surface area contributed by atoms with Gasteiger partial charge in [-0.25, -0.2) is 14.6 Å². The molecule has 0 radical (unpaired) electrons. The molecule has 1 aliphatic rings. The molecule has 1 aromatic carbocycles. The average Bonchev–Trinajstić information content (AvgIpc) is 3.36. The first-order chi connectivity index (χ1) is 16.5. The third-order valence-electron chi connectivity index (χ3n) is 6.00. The molecule has 0 aliphatic carbocycles. The van der Waals surface area contributed by atoms with E-state index in [-0.39, 0.29) is 24.2 Å². The second kappa shape index (κ2) is 9.48. The Bertz CT molecular complexity index is 1240. The number of ether oxygens (including phenoxy) is 1. The summed E-state index contributed by atoms with van der Waals surface area (Å²) in [4.78, 5) is 24.8. The molecule has 3 aromatic rings. The molecule has 12 heteroatoms. The van der Waals surface area contributed by atoms with E-state index < -0.39 is 11.2 Å². The monoisotopic (exact) mass is 508 g/mol. The minimum Gasteiger partial charge on any atom is -0.496 e. The number of piperazine rings is 1. The lowest BCUT2D eigenvalue weighted by atomic mass is 10.1. The Labute approximate surface area is 205 Å². The molecule has 1 atom stereocenters. The number of amides is 1. The molecule has 35 heavy (non-hydrogen) atoms. The fraction of sp³-hybridized carbons (Fsp3) is 0.478. The van der Waals surface area contributed by atoms with Gasteiger partial charge in [0.1, 0.15) is 34.6 Å². The molecule has 3 heterocycles. The Hall–Kier alpha value is -3.15. The third-order valence-corrected chi connectivity index (χ3v) is 7.16. The van der Waals surface area contributed by atoms with Crippen LogP contribution in [0.5, 0.6) is 5.75 Å². The second-order valence-electron chi connectivity index (χ2n) is 8.60. The molecule has 1 fully saturated rings. The number of benzene rings is 1. The van der Waals surface area contributed by atoms with Crippen molar-refractivity contribution >= 4 is 22.2 Å². The molecule has 8 nitrogen and oxygen atoms in total. The van der Waals surface area contributed by atoms with E-state index >= 15 is 0 Å². The fourth-order valence-electron chi connectivity index (χ4n) is 4.30. The van der Waals surface area contributed by atoms with Gasteiger partial charge in [0.2, 0.25) is 10.9 Å². The van der Waals surface area contributed by atoms with Gasteiger partial charge in [0, 0.05) is 31.2 Å². The minimum absolute atomic E-state index is 0.0756. The lowest BCUT2D eigenvalue weighted by Gasteiger charge is -2.40. The van der Waals surface area contributed by atoms with Gasteiger partial charge in [-0.05, 0) is 51.5 Å². The average molecular weight is 509 g/mol. The highest BCUT2D eigenvalue weighted by molar-refractivity contribution is 7.16. The van der Waals surface area contributed by atoms with Crippen LogP contribution in [0.4, 0.5) is 18.2 Å². The SMILES string of the molecule is COc1ccc(-c2nc(C(F)(F)F)sc2N2CCN(C(=O)Cn3nc(C)nc3C)C(C)C2)cc1C. The van der Waals surface area contributed by atoms with E-state index in [0.29, 0.717) is 58.9 Å². The fourth-order valence-corrected chi connectivity index (χ4v) is 5.29. The molecule has 1 unspecified atom stereocenters. The van der Waals surface area contributed by atoms with Crippen LogP contribution in [-0.2, 0) is 17.5 Å². The van der Waals surface area contributed by atoms with Crippen molar-refractivity contribution in [3.8, 4) is 17.0 Å². The topological polar surface area (TPSA) is 76.4 Å². The van der Waals surface area contributed by atoms with Crippen molar-refractivity contribution in [1.82, 2.24) is 24.6 Å². The normalized spacial score (nSPS) is 16.6. The van der Waals surface area contributed by atoms with Crippen LogP contribution >= 0.6 is 11.3 Å². The number of halogens is 3. The van der Waals surface area contributed by atoms with Crippen molar-refractivity contribution in [1.29, 1.82) is 0 Å². The van der Waals surface area contributed by atoms with Crippen molar-refractivity contribution in [3.05, 3.63) is 40.4 Å². The van der Waals surface area contributed by atoms with Crippen molar-refractivity contribution in [3.63, 3.8) is 0 Å². The summed E-state index contributed by atoms with van der Waals surface area (Å²) in [7, 11) is 1.55. The second-order valence-corrected chi connectivity index (χ2v) is 9.58. The highest BCUT2D eigenvalue weighted by atomic mass is 32.1. The summed E-state index contributed by atoms with van der Waals surface area (Å²) in [5.74, 6) is 1.81.